The van der Waals surface area contributed by atoms with Gasteiger partial charge >= 0.3 is 0 Å². The number of pyridine rings is 1. The first-order chi connectivity index (χ1) is 14.9. The summed E-state index contributed by atoms with van der Waals surface area (Å²) in [7, 11) is 0. The summed E-state index contributed by atoms with van der Waals surface area (Å²) in [5, 5.41) is 2.64. The van der Waals surface area contributed by atoms with Crippen LogP contribution in [0, 0.1) is 12.8 Å². The average Bonchev–Trinajstić information content (AvgIpc) is 3.10. The molecule has 4 aromatic rings. The van der Waals surface area contributed by atoms with E-state index in [4.69, 9.17) is 4.98 Å². The van der Waals surface area contributed by atoms with Gasteiger partial charge in [-0.15, -0.1) is 0 Å². The number of benzene rings is 3. The van der Waals surface area contributed by atoms with Crippen molar-refractivity contribution in [1.29, 1.82) is 0 Å². The number of hydrogen-bond donors (Lipinski definition) is 0. The van der Waals surface area contributed by atoms with E-state index in [0.29, 0.717) is 11.8 Å². The molecule has 0 saturated carbocycles. The lowest BCUT2D eigenvalue weighted by atomic mass is 9.88. The Morgan fingerprint density at radius 1 is 0.839 bits per heavy atom. The Bertz CT molecular complexity index is 1290. The number of rotatable bonds is 4. The standard InChI is InChI=1S/C30H31N/c1-18(2)12-21-15-25(19(3)4)24-10-11-31-30(29(24)16-21)28-14-20(5)13-26-23-9-7-6-8-22(23)17-27(26)28/h6-11,13-16,18-19H,12,17H2,1-5H3. The monoisotopic (exact) mass is 405 g/mol. The molecular formula is C30H31N. The minimum Gasteiger partial charge on any atom is -0.256 e. The van der Waals surface area contributed by atoms with E-state index in [1.54, 1.807) is 0 Å². The van der Waals surface area contributed by atoms with Crippen LogP contribution in [0.25, 0.3) is 33.2 Å². The van der Waals surface area contributed by atoms with Crippen LogP contribution in [0.1, 0.15) is 61.4 Å². The largest absolute Gasteiger partial charge is 0.256 e. The molecule has 0 aliphatic heterocycles. The quantitative estimate of drug-likeness (QED) is 0.294. The molecule has 1 aromatic heterocycles. The second-order valence-corrected chi connectivity index (χ2v) is 9.86. The van der Waals surface area contributed by atoms with Crippen LogP contribution in [0.3, 0.4) is 0 Å². The molecule has 31 heavy (non-hydrogen) atoms. The maximum atomic E-state index is 4.98. The van der Waals surface area contributed by atoms with Crippen LogP contribution in [0.2, 0.25) is 0 Å². The zero-order chi connectivity index (χ0) is 21.7. The lowest BCUT2D eigenvalue weighted by Crippen LogP contribution is -2.00. The van der Waals surface area contributed by atoms with Gasteiger partial charge in [-0.1, -0.05) is 64.1 Å². The average molecular weight is 406 g/mol. The first kappa shape index (κ1) is 20.0. The number of nitrogens with zero attached hydrogens (tertiary/aromatic N) is 1. The highest BCUT2D eigenvalue weighted by atomic mass is 14.7. The van der Waals surface area contributed by atoms with Crippen LogP contribution in [0.15, 0.2) is 60.8 Å². The zero-order valence-electron chi connectivity index (χ0n) is 19.3. The predicted octanol–water partition coefficient (Wildman–Crippen LogP) is 8.10. The van der Waals surface area contributed by atoms with Gasteiger partial charge in [0.05, 0.1) is 5.69 Å². The highest BCUT2D eigenvalue weighted by Crippen LogP contribution is 2.44. The number of aryl methyl sites for hydroxylation is 1. The van der Waals surface area contributed by atoms with Gasteiger partial charge in [0.25, 0.3) is 0 Å². The van der Waals surface area contributed by atoms with E-state index in [0.717, 1.165) is 18.5 Å². The minimum absolute atomic E-state index is 0.484. The van der Waals surface area contributed by atoms with Gasteiger partial charge in [0.1, 0.15) is 0 Å². The van der Waals surface area contributed by atoms with Crippen LogP contribution in [0.5, 0.6) is 0 Å². The molecule has 1 aliphatic rings. The SMILES string of the molecule is Cc1cc2c(c(-c3nccc4c(C(C)C)cc(CC(C)C)cc34)c1)Cc1ccccc1-2. The van der Waals surface area contributed by atoms with Crippen molar-refractivity contribution >= 4 is 10.8 Å². The molecule has 0 fully saturated rings. The van der Waals surface area contributed by atoms with Gasteiger partial charge < -0.3 is 0 Å². The van der Waals surface area contributed by atoms with E-state index in [1.165, 1.54) is 55.3 Å². The number of aromatic nitrogens is 1. The highest BCUT2D eigenvalue weighted by molar-refractivity contribution is 5.99. The molecule has 0 radical (unpaired) electrons. The highest BCUT2D eigenvalue weighted by Gasteiger charge is 2.24. The third-order valence-electron chi connectivity index (χ3n) is 6.56. The van der Waals surface area contributed by atoms with Gasteiger partial charge in [0, 0.05) is 17.1 Å². The van der Waals surface area contributed by atoms with Crippen molar-refractivity contribution in [2.24, 2.45) is 5.92 Å². The molecule has 1 aliphatic carbocycles. The van der Waals surface area contributed by atoms with E-state index in [1.807, 2.05) is 6.20 Å². The summed E-state index contributed by atoms with van der Waals surface area (Å²) >= 11 is 0. The van der Waals surface area contributed by atoms with Crippen molar-refractivity contribution in [1.82, 2.24) is 4.98 Å². The van der Waals surface area contributed by atoms with E-state index >= 15 is 0 Å². The molecule has 0 amide bonds. The minimum atomic E-state index is 0.484. The van der Waals surface area contributed by atoms with Crippen molar-refractivity contribution in [3.05, 3.63) is 88.6 Å². The van der Waals surface area contributed by atoms with Crippen LogP contribution >= 0.6 is 0 Å². The molecule has 1 nitrogen and oxygen atoms in total. The Kier molecular flexibility index (Phi) is 4.93. The van der Waals surface area contributed by atoms with E-state index in [9.17, 15) is 0 Å². The molecule has 0 saturated heterocycles. The maximum absolute atomic E-state index is 4.98. The summed E-state index contributed by atoms with van der Waals surface area (Å²) in [6, 6.07) is 20.6. The Balaban J connectivity index is 1.79. The molecular weight excluding hydrogens is 374 g/mol. The van der Waals surface area contributed by atoms with Crippen molar-refractivity contribution in [3.8, 4) is 22.4 Å². The van der Waals surface area contributed by atoms with Crippen molar-refractivity contribution in [2.45, 2.75) is 53.4 Å². The summed E-state index contributed by atoms with van der Waals surface area (Å²) < 4.78 is 0. The van der Waals surface area contributed by atoms with E-state index in [2.05, 4.69) is 89.2 Å². The molecule has 0 unspecified atom stereocenters. The fraction of sp³-hybridized carbons (Fsp3) is 0.300. The van der Waals surface area contributed by atoms with Crippen molar-refractivity contribution in [3.63, 3.8) is 0 Å². The van der Waals surface area contributed by atoms with Crippen LogP contribution in [-0.4, -0.2) is 4.98 Å². The summed E-state index contributed by atoms with van der Waals surface area (Å²) in [6.07, 6.45) is 4.09. The molecule has 1 heteroatoms. The molecule has 1 heterocycles. The topological polar surface area (TPSA) is 12.9 Å². The van der Waals surface area contributed by atoms with Crippen molar-refractivity contribution in [2.75, 3.05) is 0 Å². The number of fused-ring (bicyclic) bond motifs is 4. The van der Waals surface area contributed by atoms with Gasteiger partial charge in [-0.25, -0.2) is 0 Å². The normalized spacial score (nSPS) is 12.6. The first-order valence-corrected chi connectivity index (χ1v) is 11.6. The summed E-state index contributed by atoms with van der Waals surface area (Å²) in [6.45, 7) is 11.4. The molecule has 3 aromatic carbocycles. The van der Waals surface area contributed by atoms with Crippen LogP contribution in [-0.2, 0) is 12.8 Å². The maximum Gasteiger partial charge on any atom is 0.0783 e. The third-order valence-corrected chi connectivity index (χ3v) is 6.56. The van der Waals surface area contributed by atoms with Gasteiger partial charge in [-0.2, -0.15) is 0 Å². The summed E-state index contributed by atoms with van der Waals surface area (Å²) in [4.78, 5) is 4.98. The Labute approximate surface area is 186 Å². The molecule has 5 rings (SSSR count). The molecule has 156 valence electrons. The fourth-order valence-corrected chi connectivity index (χ4v) is 5.24. The van der Waals surface area contributed by atoms with Gasteiger partial charge in [0.15, 0.2) is 0 Å². The molecule has 0 N–H and O–H groups in total. The van der Waals surface area contributed by atoms with Gasteiger partial charge in [0.2, 0.25) is 0 Å². The van der Waals surface area contributed by atoms with E-state index < -0.39 is 0 Å². The molecule has 0 atom stereocenters. The Morgan fingerprint density at radius 2 is 1.61 bits per heavy atom. The lowest BCUT2D eigenvalue weighted by Gasteiger charge is -2.18. The predicted molar refractivity (Wildman–Crippen MR) is 133 cm³/mol. The number of hydrogen-bond acceptors (Lipinski definition) is 1. The van der Waals surface area contributed by atoms with E-state index in [-0.39, 0.29) is 0 Å². The second kappa shape index (κ2) is 7.64. The molecule has 0 spiro atoms. The van der Waals surface area contributed by atoms with Crippen LogP contribution < -0.4 is 0 Å². The van der Waals surface area contributed by atoms with Crippen molar-refractivity contribution < 1.29 is 0 Å². The molecule has 0 bridgehead atoms. The second-order valence-electron chi connectivity index (χ2n) is 9.86. The summed E-state index contributed by atoms with van der Waals surface area (Å²) in [5.41, 5.74) is 12.2. The fourth-order valence-electron chi connectivity index (χ4n) is 5.24. The van der Waals surface area contributed by atoms with Gasteiger partial charge in [-0.3, -0.25) is 4.98 Å². The Morgan fingerprint density at radius 3 is 2.39 bits per heavy atom. The third kappa shape index (κ3) is 3.47. The zero-order valence-corrected chi connectivity index (χ0v) is 19.3. The van der Waals surface area contributed by atoms with Crippen LogP contribution in [0.4, 0.5) is 0 Å². The Hall–Kier alpha value is -2.93. The first-order valence-electron chi connectivity index (χ1n) is 11.6. The smallest absolute Gasteiger partial charge is 0.0783 e. The lowest BCUT2D eigenvalue weighted by molar-refractivity contribution is 0.647. The van der Waals surface area contributed by atoms with Gasteiger partial charge in [-0.05, 0) is 94.1 Å². The summed E-state index contributed by atoms with van der Waals surface area (Å²) in [5.74, 6) is 1.12.